The Bertz CT molecular complexity index is 1340. The van der Waals surface area contributed by atoms with Gasteiger partial charge in [-0.15, -0.1) is 0 Å². The first-order valence-corrected chi connectivity index (χ1v) is 11.6. The number of nitrogens with zero attached hydrogens (tertiary/aromatic N) is 3. The Labute approximate surface area is 198 Å². The molecule has 0 saturated carbocycles. The van der Waals surface area contributed by atoms with Crippen LogP contribution >= 0.6 is 0 Å². The first-order chi connectivity index (χ1) is 16.4. The molecule has 3 N–H and O–H groups in total. The van der Waals surface area contributed by atoms with Crippen LogP contribution in [-0.2, 0) is 4.74 Å². The van der Waals surface area contributed by atoms with E-state index in [0.717, 1.165) is 19.3 Å². The molecule has 0 bridgehead atoms. The summed E-state index contributed by atoms with van der Waals surface area (Å²) in [5.41, 5.74) is 10.2. The second-order valence-corrected chi connectivity index (χ2v) is 8.30. The van der Waals surface area contributed by atoms with Crippen LogP contribution in [0.3, 0.4) is 0 Å². The van der Waals surface area contributed by atoms with Crippen LogP contribution in [0.4, 0.5) is 5.82 Å². The van der Waals surface area contributed by atoms with Crippen molar-refractivity contribution in [1.82, 2.24) is 19.9 Å². The van der Waals surface area contributed by atoms with E-state index in [1.165, 1.54) is 0 Å². The van der Waals surface area contributed by atoms with Gasteiger partial charge in [0.05, 0.1) is 23.2 Å². The summed E-state index contributed by atoms with van der Waals surface area (Å²) in [5.74, 6) is -0.426. The molecule has 2 heterocycles. The van der Waals surface area contributed by atoms with Gasteiger partial charge in [0, 0.05) is 11.7 Å². The number of para-hydroxylation sites is 2. The van der Waals surface area contributed by atoms with E-state index in [9.17, 15) is 9.59 Å². The van der Waals surface area contributed by atoms with E-state index in [2.05, 4.69) is 5.32 Å². The summed E-state index contributed by atoms with van der Waals surface area (Å²) >= 11 is 0. The molecular formula is C26H29N5O3. The number of hydrogen-bond acceptors (Lipinski definition) is 6. The lowest BCUT2D eigenvalue weighted by Crippen LogP contribution is -2.32. The quantitative estimate of drug-likeness (QED) is 0.293. The molecule has 0 radical (unpaired) electrons. The minimum absolute atomic E-state index is 0.0169. The molecule has 34 heavy (non-hydrogen) atoms. The first kappa shape index (κ1) is 23.2. The number of anilines is 1. The molecule has 1 amide bonds. The zero-order chi connectivity index (χ0) is 24.2. The van der Waals surface area contributed by atoms with E-state index < -0.39 is 0 Å². The fraction of sp³-hybridized carbons (Fsp3) is 0.308. The average Bonchev–Trinajstić information content (AvgIpc) is 3.13. The maximum atomic E-state index is 13.2. The number of ether oxygens (including phenoxy) is 1. The van der Waals surface area contributed by atoms with E-state index in [1.807, 2.05) is 45.0 Å². The van der Waals surface area contributed by atoms with E-state index in [-0.39, 0.29) is 29.3 Å². The molecule has 0 aliphatic rings. The average molecular weight is 460 g/mol. The fourth-order valence-corrected chi connectivity index (χ4v) is 3.68. The van der Waals surface area contributed by atoms with Crippen molar-refractivity contribution in [3.8, 4) is 5.69 Å². The summed E-state index contributed by atoms with van der Waals surface area (Å²) in [6, 6.07) is 14.4. The predicted molar refractivity (Wildman–Crippen MR) is 133 cm³/mol. The molecular weight excluding hydrogens is 430 g/mol. The Kier molecular flexibility index (Phi) is 6.77. The summed E-state index contributed by atoms with van der Waals surface area (Å²) in [5, 5.41) is 2.98. The summed E-state index contributed by atoms with van der Waals surface area (Å²) in [6.07, 6.45) is 2.56. The van der Waals surface area contributed by atoms with E-state index in [4.69, 9.17) is 20.4 Å². The second kappa shape index (κ2) is 9.91. The molecule has 1 unspecified atom stereocenters. The lowest BCUT2D eigenvalue weighted by molar-refractivity contribution is 0.0499. The molecule has 4 aromatic rings. The van der Waals surface area contributed by atoms with Gasteiger partial charge in [-0.1, -0.05) is 32.4 Å². The molecule has 8 heteroatoms. The number of nitrogens with one attached hydrogen (secondary N) is 1. The van der Waals surface area contributed by atoms with Crippen molar-refractivity contribution in [3.05, 3.63) is 59.7 Å². The Morgan fingerprint density at radius 2 is 1.74 bits per heavy atom. The Hall–Kier alpha value is -3.94. The number of nitrogen functional groups attached to an aromatic ring is 1. The molecule has 176 valence electrons. The van der Waals surface area contributed by atoms with Crippen molar-refractivity contribution in [2.75, 3.05) is 12.3 Å². The number of benzene rings is 2. The molecule has 0 fully saturated rings. The smallest absolute Gasteiger partial charge is 0.338 e. The maximum absolute atomic E-state index is 13.2. The molecule has 8 nitrogen and oxygen atoms in total. The molecule has 0 aliphatic carbocycles. The molecule has 0 saturated heterocycles. The lowest BCUT2D eigenvalue weighted by Gasteiger charge is -2.12. The summed E-state index contributed by atoms with van der Waals surface area (Å²) in [6.45, 7) is 6.37. The highest BCUT2D eigenvalue weighted by Crippen LogP contribution is 2.31. The van der Waals surface area contributed by atoms with Crippen LogP contribution in [0.5, 0.6) is 0 Å². The summed E-state index contributed by atoms with van der Waals surface area (Å²) in [4.78, 5) is 35.0. The van der Waals surface area contributed by atoms with Crippen LogP contribution < -0.4 is 11.1 Å². The number of fused-ring (bicyclic) bond motifs is 2. The van der Waals surface area contributed by atoms with E-state index >= 15 is 0 Å². The van der Waals surface area contributed by atoms with Gasteiger partial charge in [0.25, 0.3) is 5.91 Å². The monoisotopic (exact) mass is 459 g/mol. The van der Waals surface area contributed by atoms with Crippen LogP contribution in [0.15, 0.2) is 48.5 Å². The zero-order valence-electron chi connectivity index (χ0n) is 19.7. The third-order valence-corrected chi connectivity index (χ3v) is 5.81. The summed E-state index contributed by atoms with van der Waals surface area (Å²) in [7, 11) is 0. The molecule has 1 atom stereocenters. The minimum Gasteiger partial charge on any atom is -0.462 e. The first-order valence-electron chi connectivity index (χ1n) is 11.6. The highest BCUT2D eigenvalue weighted by molar-refractivity contribution is 6.11. The molecule has 0 aliphatic heterocycles. The third-order valence-electron chi connectivity index (χ3n) is 5.81. The number of carbonyl (C=O) groups excluding carboxylic acids is 2. The van der Waals surface area contributed by atoms with Gasteiger partial charge in [-0.25, -0.2) is 14.8 Å². The van der Waals surface area contributed by atoms with Crippen molar-refractivity contribution >= 4 is 39.9 Å². The number of aromatic nitrogens is 3. The van der Waals surface area contributed by atoms with Crippen LogP contribution in [-0.4, -0.2) is 39.1 Å². The Balaban J connectivity index is 1.82. The van der Waals surface area contributed by atoms with Crippen LogP contribution in [0.25, 0.3) is 27.9 Å². The van der Waals surface area contributed by atoms with Crippen LogP contribution in [0.2, 0.25) is 0 Å². The topological polar surface area (TPSA) is 112 Å². The highest BCUT2D eigenvalue weighted by atomic mass is 16.5. The van der Waals surface area contributed by atoms with E-state index in [1.54, 1.807) is 28.8 Å². The normalized spacial score (nSPS) is 12.1. The predicted octanol–water partition coefficient (Wildman–Crippen LogP) is 4.64. The van der Waals surface area contributed by atoms with Crippen molar-refractivity contribution in [2.24, 2.45) is 0 Å². The molecule has 4 rings (SSSR count). The van der Waals surface area contributed by atoms with Gasteiger partial charge in [0.1, 0.15) is 16.9 Å². The maximum Gasteiger partial charge on any atom is 0.338 e. The molecule has 2 aromatic carbocycles. The molecule has 0 spiro atoms. The summed E-state index contributed by atoms with van der Waals surface area (Å²) < 4.78 is 6.99. The van der Waals surface area contributed by atoms with Gasteiger partial charge >= 0.3 is 5.97 Å². The van der Waals surface area contributed by atoms with Gasteiger partial charge < -0.3 is 15.8 Å². The minimum atomic E-state index is -0.371. The lowest BCUT2D eigenvalue weighted by atomic mass is 10.2. The van der Waals surface area contributed by atoms with Crippen molar-refractivity contribution in [1.29, 1.82) is 0 Å². The second-order valence-electron chi connectivity index (χ2n) is 8.30. The highest BCUT2D eigenvalue weighted by Gasteiger charge is 2.25. The zero-order valence-corrected chi connectivity index (χ0v) is 19.7. The van der Waals surface area contributed by atoms with Gasteiger partial charge in [-0.2, -0.15) is 0 Å². The van der Waals surface area contributed by atoms with Crippen LogP contribution in [0.1, 0.15) is 60.7 Å². The van der Waals surface area contributed by atoms with Gasteiger partial charge in [-0.3, -0.25) is 9.36 Å². The number of hydrogen-bond donors (Lipinski definition) is 2. The van der Waals surface area contributed by atoms with Crippen molar-refractivity contribution < 1.29 is 14.3 Å². The third kappa shape index (κ3) is 4.44. The molecule has 2 aromatic heterocycles. The van der Waals surface area contributed by atoms with Gasteiger partial charge in [0.2, 0.25) is 0 Å². The Morgan fingerprint density at radius 1 is 1.06 bits per heavy atom. The number of nitrogens with two attached hydrogens (primary N) is 1. The number of unbranched alkanes of at least 4 members (excludes halogenated alkanes) is 1. The van der Waals surface area contributed by atoms with Crippen molar-refractivity contribution in [2.45, 2.75) is 46.1 Å². The standard InChI is InChI=1S/C26H29N5O3/c1-4-6-15-34-26(33)17-11-13-18(14-12-17)31-23(27)21(25(32)28-16(3)5-2)22-24(31)30-20-10-8-7-9-19(20)29-22/h7-14,16H,4-6,15,27H2,1-3H3,(H,28,32). The Morgan fingerprint density at radius 3 is 2.38 bits per heavy atom. The van der Waals surface area contributed by atoms with Crippen LogP contribution in [0, 0.1) is 0 Å². The number of carbonyl (C=O) groups is 2. The number of rotatable bonds is 8. The van der Waals surface area contributed by atoms with Crippen molar-refractivity contribution in [3.63, 3.8) is 0 Å². The number of esters is 1. The largest absolute Gasteiger partial charge is 0.462 e. The fourth-order valence-electron chi connectivity index (χ4n) is 3.68. The number of amides is 1. The van der Waals surface area contributed by atoms with Gasteiger partial charge in [-0.05, 0) is 56.2 Å². The SMILES string of the molecule is CCCCOC(=O)c1ccc(-n2c(N)c(C(=O)NC(C)CC)c3nc4ccccc4nc32)cc1. The van der Waals surface area contributed by atoms with Gasteiger partial charge in [0.15, 0.2) is 5.65 Å². The van der Waals surface area contributed by atoms with E-state index in [0.29, 0.717) is 40.1 Å².